The van der Waals surface area contributed by atoms with Crippen molar-refractivity contribution >= 4 is 17.3 Å². The number of benzene rings is 1. The van der Waals surface area contributed by atoms with Gasteiger partial charge in [0.25, 0.3) is 0 Å². The van der Waals surface area contributed by atoms with Crippen molar-refractivity contribution in [3.8, 4) is 17.6 Å². The Labute approximate surface area is 111 Å². The Kier molecular flexibility index (Phi) is 3.84. The molecule has 1 aromatic rings. The molecule has 19 heavy (non-hydrogen) atoms. The van der Waals surface area contributed by atoms with Crippen LogP contribution in [0.5, 0.6) is 5.75 Å². The van der Waals surface area contributed by atoms with E-state index in [9.17, 15) is 4.79 Å². The van der Waals surface area contributed by atoms with Gasteiger partial charge in [0, 0.05) is 5.56 Å². The number of hydrogen-bond donors (Lipinski definition) is 3. The first-order chi connectivity index (χ1) is 9.19. The summed E-state index contributed by atoms with van der Waals surface area (Å²) < 4.78 is 5.44. The smallest absolute Gasteiger partial charge is 0.227 e. The summed E-state index contributed by atoms with van der Waals surface area (Å²) in [7, 11) is 0. The monoisotopic (exact) mass is 255 g/mol. The normalized spacial score (nSPS) is 13.6. The van der Waals surface area contributed by atoms with Crippen LogP contribution in [0.4, 0.5) is 5.69 Å². The number of hydrogen-bond acceptors (Lipinski definition) is 4. The van der Waals surface area contributed by atoms with Gasteiger partial charge in [-0.25, -0.2) is 0 Å². The Hall–Kier alpha value is -2.74. The first-order valence-corrected chi connectivity index (χ1v) is 5.74. The molecule has 0 fully saturated rings. The van der Waals surface area contributed by atoms with Crippen molar-refractivity contribution in [2.75, 3.05) is 11.9 Å². The van der Waals surface area contributed by atoms with Gasteiger partial charge in [0.05, 0.1) is 18.7 Å². The van der Waals surface area contributed by atoms with E-state index in [4.69, 9.17) is 15.9 Å². The second-order valence-corrected chi connectivity index (χ2v) is 3.88. The standard InChI is InChI=1S/C14H13N3O2/c15-7-5-11(16)3-1-10-2-4-13-12(9-10)17-14(18)6-8-19-13/h2,4-5,7,9,16H,6,8,15H2,(H,17,18)/b7-5-,16-11?. The molecule has 1 aliphatic rings. The predicted octanol–water partition coefficient (Wildman–Crippen LogP) is 1.25. The first kappa shape index (κ1) is 12.7. The van der Waals surface area contributed by atoms with E-state index in [-0.39, 0.29) is 11.6 Å². The van der Waals surface area contributed by atoms with E-state index in [0.717, 1.165) is 0 Å². The number of carbonyl (C=O) groups is 1. The summed E-state index contributed by atoms with van der Waals surface area (Å²) >= 11 is 0. The van der Waals surface area contributed by atoms with Gasteiger partial charge < -0.3 is 15.8 Å². The summed E-state index contributed by atoms with van der Waals surface area (Å²) in [5.74, 6) is 6.02. The van der Waals surface area contributed by atoms with E-state index in [0.29, 0.717) is 30.0 Å². The maximum absolute atomic E-state index is 11.4. The van der Waals surface area contributed by atoms with Crippen molar-refractivity contribution in [1.82, 2.24) is 0 Å². The minimum Gasteiger partial charge on any atom is -0.491 e. The van der Waals surface area contributed by atoms with Crippen LogP contribution in [0, 0.1) is 17.3 Å². The molecule has 2 rings (SSSR count). The minimum atomic E-state index is -0.0809. The fraction of sp³-hybridized carbons (Fsp3) is 0.143. The number of fused-ring (bicyclic) bond motifs is 1. The average Bonchev–Trinajstić information content (AvgIpc) is 2.56. The van der Waals surface area contributed by atoms with Crippen molar-refractivity contribution in [3.63, 3.8) is 0 Å². The molecule has 0 saturated carbocycles. The molecule has 0 unspecified atom stereocenters. The lowest BCUT2D eigenvalue weighted by Crippen LogP contribution is -2.10. The van der Waals surface area contributed by atoms with Crippen LogP contribution in [0.3, 0.4) is 0 Å². The summed E-state index contributed by atoms with van der Waals surface area (Å²) in [6, 6.07) is 5.26. The third-order valence-corrected chi connectivity index (χ3v) is 2.44. The van der Waals surface area contributed by atoms with Crippen molar-refractivity contribution < 1.29 is 9.53 Å². The van der Waals surface area contributed by atoms with Crippen LogP contribution < -0.4 is 15.8 Å². The quantitative estimate of drug-likeness (QED) is 0.521. The van der Waals surface area contributed by atoms with E-state index in [1.807, 2.05) is 0 Å². The third kappa shape index (κ3) is 3.36. The Bertz CT molecular complexity index is 609. The molecule has 4 N–H and O–H groups in total. The highest BCUT2D eigenvalue weighted by atomic mass is 16.5. The van der Waals surface area contributed by atoms with Crippen molar-refractivity contribution in [2.24, 2.45) is 5.73 Å². The number of rotatable bonds is 1. The zero-order valence-electron chi connectivity index (χ0n) is 10.2. The molecular weight excluding hydrogens is 242 g/mol. The summed E-state index contributed by atoms with van der Waals surface area (Å²) in [6.07, 6.45) is 3.01. The number of nitrogens with one attached hydrogen (secondary N) is 2. The van der Waals surface area contributed by atoms with Crippen molar-refractivity contribution in [3.05, 3.63) is 36.0 Å². The first-order valence-electron chi connectivity index (χ1n) is 5.74. The fourth-order valence-electron chi connectivity index (χ4n) is 1.58. The number of nitrogens with two attached hydrogens (primary N) is 1. The van der Waals surface area contributed by atoms with E-state index in [2.05, 4.69) is 17.2 Å². The van der Waals surface area contributed by atoms with Crippen LogP contribution in [0.2, 0.25) is 0 Å². The van der Waals surface area contributed by atoms with Crippen molar-refractivity contribution in [1.29, 1.82) is 5.41 Å². The number of ether oxygens (including phenoxy) is 1. The molecule has 1 aromatic carbocycles. The molecule has 5 nitrogen and oxygen atoms in total. The van der Waals surface area contributed by atoms with Crippen LogP contribution in [-0.2, 0) is 4.79 Å². The maximum Gasteiger partial charge on any atom is 0.227 e. The molecule has 1 aliphatic heterocycles. The van der Waals surface area contributed by atoms with Crippen LogP contribution in [0.25, 0.3) is 0 Å². The molecule has 0 radical (unpaired) electrons. The van der Waals surface area contributed by atoms with Gasteiger partial charge in [0.15, 0.2) is 0 Å². The van der Waals surface area contributed by atoms with Gasteiger partial charge in [-0.05, 0) is 36.4 Å². The molecule has 0 aliphatic carbocycles. The molecular formula is C14H13N3O2. The summed E-state index contributed by atoms with van der Waals surface area (Å²) in [5, 5.41) is 10.2. The zero-order valence-corrected chi connectivity index (χ0v) is 10.2. The minimum absolute atomic E-state index is 0.0809. The Morgan fingerprint density at radius 1 is 1.53 bits per heavy atom. The highest BCUT2D eigenvalue weighted by Gasteiger charge is 2.13. The highest BCUT2D eigenvalue weighted by Crippen LogP contribution is 2.27. The van der Waals surface area contributed by atoms with Gasteiger partial charge in [-0.15, -0.1) is 0 Å². The molecule has 0 aromatic heterocycles. The van der Waals surface area contributed by atoms with E-state index in [1.54, 1.807) is 18.2 Å². The SMILES string of the molecule is N=C(C#Cc1ccc2c(c1)NC(=O)CCO2)/C=C\N. The summed E-state index contributed by atoms with van der Waals surface area (Å²) in [5.41, 5.74) is 6.59. The number of allylic oxidation sites excluding steroid dienone is 1. The van der Waals surface area contributed by atoms with Crippen molar-refractivity contribution in [2.45, 2.75) is 6.42 Å². The molecule has 1 amide bonds. The molecule has 0 bridgehead atoms. The molecule has 0 spiro atoms. The Morgan fingerprint density at radius 2 is 2.37 bits per heavy atom. The van der Waals surface area contributed by atoms with Gasteiger partial charge in [0.1, 0.15) is 11.5 Å². The summed E-state index contributed by atoms with van der Waals surface area (Å²) in [4.78, 5) is 11.4. The van der Waals surface area contributed by atoms with E-state index >= 15 is 0 Å². The zero-order chi connectivity index (χ0) is 13.7. The fourth-order valence-corrected chi connectivity index (χ4v) is 1.58. The molecule has 1 heterocycles. The third-order valence-electron chi connectivity index (χ3n) is 2.44. The number of carbonyl (C=O) groups excluding carboxylic acids is 1. The number of anilines is 1. The second-order valence-electron chi connectivity index (χ2n) is 3.88. The van der Waals surface area contributed by atoms with Crippen LogP contribution in [-0.4, -0.2) is 18.2 Å². The van der Waals surface area contributed by atoms with Gasteiger partial charge in [0.2, 0.25) is 5.91 Å². The molecule has 0 atom stereocenters. The van der Waals surface area contributed by atoms with Gasteiger partial charge in [-0.3, -0.25) is 10.2 Å². The van der Waals surface area contributed by atoms with E-state index < -0.39 is 0 Å². The van der Waals surface area contributed by atoms with E-state index in [1.165, 1.54) is 12.3 Å². The lowest BCUT2D eigenvalue weighted by molar-refractivity contribution is -0.116. The summed E-state index contributed by atoms with van der Waals surface area (Å²) in [6.45, 7) is 0.371. The van der Waals surface area contributed by atoms with Crippen LogP contribution in [0.15, 0.2) is 30.5 Å². The lowest BCUT2D eigenvalue weighted by Gasteiger charge is -2.06. The Balaban J connectivity index is 2.25. The highest BCUT2D eigenvalue weighted by molar-refractivity contribution is 6.06. The maximum atomic E-state index is 11.4. The average molecular weight is 255 g/mol. The predicted molar refractivity (Wildman–Crippen MR) is 73.1 cm³/mol. The van der Waals surface area contributed by atoms with Crippen LogP contribution in [0.1, 0.15) is 12.0 Å². The lowest BCUT2D eigenvalue weighted by atomic mass is 10.2. The largest absolute Gasteiger partial charge is 0.491 e. The second kappa shape index (κ2) is 5.74. The Morgan fingerprint density at radius 3 is 3.16 bits per heavy atom. The molecule has 96 valence electrons. The van der Waals surface area contributed by atoms with Gasteiger partial charge >= 0.3 is 0 Å². The molecule has 0 saturated heterocycles. The van der Waals surface area contributed by atoms with Crippen LogP contribution >= 0.6 is 0 Å². The molecule has 5 heteroatoms. The van der Waals surface area contributed by atoms with Gasteiger partial charge in [-0.2, -0.15) is 0 Å². The number of amides is 1. The van der Waals surface area contributed by atoms with Gasteiger partial charge in [-0.1, -0.05) is 5.92 Å². The topological polar surface area (TPSA) is 88.2 Å².